The molecular formula is C21H16ClF3N4O3. The zero-order valence-corrected chi connectivity index (χ0v) is 16.4. The number of aromatic nitrogens is 1. The number of hydrogen-bond acceptors (Lipinski definition) is 4. The Kier molecular flexibility index (Phi) is 4.51. The molecule has 0 aliphatic carbocycles. The predicted octanol–water partition coefficient (Wildman–Crippen LogP) is 5.55. The van der Waals surface area contributed by atoms with Crippen molar-refractivity contribution >= 4 is 34.9 Å². The van der Waals surface area contributed by atoms with Gasteiger partial charge >= 0.3 is 12.2 Å². The first-order chi connectivity index (χ1) is 18.0. The number of urea groups is 1. The molecule has 0 saturated heterocycles. The second-order valence-corrected chi connectivity index (χ2v) is 6.32. The second-order valence-electron chi connectivity index (χ2n) is 5.91. The third kappa shape index (κ3) is 5.88. The van der Waals surface area contributed by atoms with Crippen LogP contribution < -0.4 is 20.7 Å². The van der Waals surface area contributed by atoms with Crippen LogP contribution in [-0.4, -0.2) is 23.9 Å². The van der Waals surface area contributed by atoms with E-state index < -0.39 is 71.3 Å². The summed E-state index contributed by atoms with van der Waals surface area (Å²) in [4.78, 5) is 28.1. The molecule has 3 amide bonds. The fraction of sp³-hybridized carbons (Fsp3) is 0.0952. The summed E-state index contributed by atoms with van der Waals surface area (Å²) in [7, 11) is 0. The molecule has 1 heterocycles. The number of carbonyl (C=O) groups is 2. The highest BCUT2D eigenvalue weighted by molar-refractivity contribution is 6.31. The standard InChI is InChI=1S/C21H16ClF3N4O3/c1-26-19(30)18-11-15(8-9-27-18)32-14-5-2-12(3-6-14)28-20(31)29-13-4-7-17(22)16(10-13)21(23,24)25/h2-11H,1H3,(H,26,30)(H2,28,29,31)/i1D3,2D,3D,5D,6D. The Hall–Kier alpha value is -3.79. The topological polar surface area (TPSA) is 92.3 Å². The van der Waals surface area contributed by atoms with Crippen LogP contribution in [0.15, 0.2) is 60.7 Å². The molecule has 3 N–H and O–H groups in total. The smallest absolute Gasteiger partial charge is 0.417 e. The van der Waals surface area contributed by atoms with E-state index in [4.69, 9.17) is 25.9 Å². The number of anilines is 2. The average molecular weight is 472 g/mol. The number of hydrogen-bond donors (Lipinski definition) is 3. The number of ether oxygens (including phenoxy) is 1. The van der Waals surface area contributed by atoms with E-state index in [-0.39, 0.29) is 17.1 Å². The van der Waals surface area contributed by atoms with Crippen LogP contribution in [0.1, 0.15) is 25.6 Å². The molecule has 3 aromatic rings. The maximum Gasteiger partial charge on any atom is 0.417 e. The molecule has 0 spiro atoms. The lowest BCUT2D eigenvalue weighted by Gasteiger charge is -2.12. The number of nitrogens with one attached hydrogen (secondary N) is 3. The van der Waals surface area contributed by atoms with Crippen LogP contribution in [0.5, 0.6) is 11.5 Å². The van der Waals surface area contributed by atoms with Crippen molar-refractivity contribution in [3.8, 4) is 11.5 Å². The number of pyridine rings is 1. The van der Waals surface area contributed by atoms with E-state index in [9.17, 15) is 22.8 Å². The number of amides is 3. The molecule has 0 aliphatic heterocycles. The van der Waals surface area contributed by atoms with E-state index in [1.165, 1.54) is 6.07 Å². The van der Waals surface area contributed by atoms with Gasteiger partial charge in [-0.25, -0.2) is 4.79 Å². The molecule has 0 unspecified atom stereocenters. The summed E-state index contributed by atoms with van der Waals surface area (Å²) in [5.74, 6) is -1.84. The molecule has 1 aromatic heterocycles. The lowest BCUT2D eigenvalue weighted by atomic mass is 10.2. The third-order valence-electron chi connectivity index (χ3n) is 3.67. The van der Waals surface area contributed by atoms with Crippen molar-refractivity contribution in [3.05, 3.63) is 77.0 Å². The lowest BCUT2D eigenvalue weighted by Crippen LogP contribution is -2.19. The molecule has 0 bridgehead atoms. The van der Waals surface area contributed by atoms with Crippen LogP contribution in [0.3, 0.4) is 0 Å². The Morgan fingerprint density at radius 1 is 1.06 bits per heavy atom. The zero-order chi connectivity index (χ0) is 29.3. The van der Waals surface area contributed by atoms with Crippen molar-refractivity contribution in [1.29, 1.82) is 0 Å². The van der Waals surface area contributed by atoms with Crippen molar-refractivity contribution in [2.24, 2.45) is 0 Å². The molecule has 32 heavy (non-hydrogen) atoms. The fourth-order valence-electron chi connectivity index (χ4n) is 2.29. The second kappa shape index (κ2) is 9.56. The maximum absolute atomic E-state index is 13.1. The van der Waals surface area contributed by atoms with Gasteiger partial charge in [-0.1, -0.05) is 11.6 Å². The normalized spacial score (nSPS) is 14.4. The van der Waals surface area contributed by atoms with Gasteiger partial charge in [-0.15, -0.1) is 0 Å². The van der Waals surface area contributed by atoms with Gasteiger partial charge in [-0.05, 0) is 48.4 Å². The van der Waals surface area contributed by atoms with Crippen LogP contribution in [0, 0.1) is 0 Å². The molecule has 166 valence electrons. The molecule has 0 aliphatic rings. The van der Waals surface area contributed by atoms with Crippen molar-refractivity contribution in [2.75, 3.05) is 17.6 Å². The molecule has 11 heteroatoms. The van der Waals surface area contributed by atoms with E-state index in [1.54, 1.807) is 5.32 Å². The van der Waals surface area contributed by atoms with Gasteiger partial charge in [-0.3, -0.25) is 9.78 Å². The minimum atomic E-state index is -4.79. The highest BCUT2D eigenvalue weighted by Gasteiger charge is 2.33. The van der Waals surface area contributed by atoms with Crippen molar-refractivity contribution in [1.82, 2.24) is 10.3 Å². The van der Waals surface area contributed by atoms with Gasteiger partial charge in [0.05, 0.1) is 16.1 Å². The van der Waals surface area contributed by atoms with E-state index in [1.807, 2.05) is 0 Å². The third-order valence-corrected chi connectivity index (χ3v) is 4.00. The summed E-state index contributed by atoms with van der Waals surface area (Å²) < 4.78 is 98.5. The number of rotatable bonds is 5. The Labute approximate surface area is 195 Å². The SMILES string of the molecule is [2H]c1c([2H])c(Oc2ccnc(C(=O)NC([2H])([2H])[2H])c2)c([2H])c([2H])c1NC(=O)Nc1ccc(Cl)c(C(F)(F)F)c1. The quantitative estimate of drug-likeness (QED) is 0.455. The molecule has 0 atom stereocenters. The van der Waals surface area contributed by atoms with Gasteiger partial charge in [0.1, 0.15) is 17.2 Å². The van der Waals surface area contributed by atoms with E-state index >= 15 is 0 Å². The monoisotopic (exact) mass is 471 g/mol. The van der Waals surface area contributed by atoms with Crippen molar-refractivity contribution in [3.63, 3.8) is 0 Å². The Morgan fingerprint density at radius 3 is 2.47 bits per heavy atom. The fourth-order valence-corrected chi connectivity index (χ4v) is 2.52. The first-order valence-electron chi connectivity index (χ1n) is 12.0. The molecule has 0 radical (unpaired) electrons. The van der Waals surface area contributed by atoms with E-state index in [0.29, 0.717) is 6.07 Å². The summed E-state index contributed by atoms with van der Waals surface area (Å²) in [6.45, 7) is -2.79. The predicted molar refractivity (Wildman–Crippen MR) is 113 cm³/mol. The number of alkyl halides is 3. The number of carbonyl (C=O) groups excluding carboxylic acids is 2. The number of benzene rings is 2. The van der Waals surface area contributed by atoms with Crippen LogP contribution in [0.25, 0.3) is 0 Å². The summed E-state index contributed by atoms with van der Waals surface area (Å²) in [6, 6.07) is 0.612. The number of halogens is 4. The number of nitrogens with zero attached hydrogens (tertiary/aromatic N) is 1. The minimum absolute atomic E-state index is 0.178. The van der Waals surface area contributed by atoms with Crippen molar-refractivity contribution in [2.45, 2.75) is 6.18 Å². The van der Waals surface area contributed by atoms with Gasteiger partial charge in [0, 0.05) is 34.7 Å². The maximum atomic E-state index is 13.1. The molecule has 3 rings (SSSR count). The van der Waals surface area contributed by atoms with Gasteiger partial charge < -0.3 is 20.7 Å². The first kappa shape index (κ1) is 15.1. The molecule has 7 nitrogen and oxygen atoms in total. The minimum Gasteiger partial charge on any atom is -0.457 e. The molecule has 0 saturated carbocycles. The highest BCUT2D eigenvalue weighted by Crippen LogP contribution is 2.36. The van der Waals surface area contributed by atoms with Crippen LogP contribution in [-0.2, 0) is 6.18 Å². The van der Waals surface area contributed by atoms with E-state index in [2.05, 4.69) is 15.6 Å². The molecular weight excluding hydrogens is 449 g/mol. The largest absolute Gasteiger partial charge is 0.457 e. The van der Waals surface area contributed by atoms with Gasteiger partial charge in [0.2, 0.25) is 0 Å². The lowest BCUT2D eigenvalue weighted by molar-refractivity contribution is -0.137. The van der Waals surface area contributed by atoms with Crippen LogP contribution >= 0.6 is 11.6 Å². The zero-order valence-electron chi connectivity index (χ0n) is 22.6. The average Bonchev–Trinajstić information content (AvgIpc) is 2.83. The highest BCUT2D eigenvalue weighted by atomic mass is 35.5. The van der Waals surface area contributed by atoms with Crippen LogP contribution in [0.4, 0.5) is 29.3 Å². The van der Waals surface area contributed by atoms with Gasteiger partial charge in [-0.2, -0.15) is 13.2 Å². The summed E-state index contributed by atoms with van der Waals surface area (Å²) >= 11 is 5.55. The first-order valence-corrected chi connectivity index (χ1v) is 8.87. The Morgan fingerprint density at radius 2 is 1.78 bits per heavy atom. The Bertz CT molecular complexity index is 1430. The van der Waals surface area contributed by atoms with Gasteiger partial charge in [0.25, 0.3) is 5.91 Å². The summed E-state index contributed by atoms with van der Waals surface area (Å²) in [5, 5.41) is 5.29. The summed E-state index contributed by atoms with van der Waals surface area (Å²) in [6.07, 6.45) is -3.71. The molecule has 2 aromatic carbocycles. The summed E-state index contributed by atoms with van der Waals surface area (Å²) in [5.41, 5.74) is -2.49. The van der Waals surface area contributed by atoms with Crippen molar-refractivity contribution < 1.29 is 37.1 Å². The Balaban J connectivity index is 1.85. The van der Waals surface area contributed by atoms with Gasteiger partial charge in [0.15, 0.2) is 0 Å². The molecule has 0 fully saturated rings. The van der Waals surface area contributed by atoms with Crippen LogP contribution in [0.2, 0.25) is 5.02 Å². The van der Waals surface area contributed by atoms with E-state index in [0.717, 1.165) is 24.4 Å².